The first-order valence-corrected chi connectivity index (χ1v) is 12.0. The zero-order chi connectivity index (χ0) is 25.3. The average Bonchev–Trinajstić information content (AvgIpc) is 3.33. The second-order valence-corrected chi connectivity index (χ2v) is 8.95. The van der Waals surface area contributed by atoms with Crippen molar-refractivity contribution in [3.8, 4) is 5.69 Å². The number of carbonyl (C=O) groups is 2. The number of fused-ring (bicyclic) bond motifs is 1. The molecule has 4 aromatic rings. The van der Waals surface area contributed by atoms with Crippen LogP contribution in [0.3, 0.4) is 0 Å². The van der Waals surface area contributed by atoms with E-state index in [1.807, 2.05) is 63.2 Å². The van der Waals surface area contributed by atoms with Gasteiger partial charge in [-0.3, -0.25) is 9.59 Å². The van der Waals surface area contributed by atoms with Crippen LogP contribution in [0.1, 0.15) is 55.6 Å². The van der Waals surface area contributed by atoms with Gasteiger partial charge in [0, 0.05) is 12.0 Å². The molecule has 0 aliphatic heterocycles. The smallest absolute Gasteiger partial charge is 0.311 e. The minimum atomic E-state index is -0.481. The van der Waals surface area contributed by atoms with Crippen molar-refractivity contribution in [3.63, 3.8) is 0 Å². The third-order valence-electron chi connectivity index (χ3n) is 6.04. The highest BCUT2D eigenvalue weighted by Crippen LogP contribution is 2.22. The van der Waals surface area contributed by atoms with Crippen LogP contribution in [0.2, 0.25) is 0 Å². The second kappa shape index (κ2) is 12.1. The number of aryl methyl sites for hydroxylation is 1. The van der Waals surface area contributed by atoms with Gasteiger partial charge in [0.1, 0.15) is 11.0 Å². The Bertz CT molecular complexity index is 1230. The van der Waals surface area contributed by atoms with Crippen LogP contribution in [0.4, 0.5) is 0 Å². The molecule has 0 bridgehead atoms. The highest BCUT2D eigenvalue weighted by molar-refractivity contribution is 5.81. The fourth-order valence-electron chi connectivity index (χ4n) is 3.30. The number of nitrogens with zero attached hydrogens (tertiary/aromatic N) is 3. The number of esters is 1. The number of rotatable bonds is 8. The topological polar surface area (TPSA) is 74.1 Å². The van der Waals surface area contributed by atoms with Crippen LogP contribution in [-0.4, -0.2) is 33.9 Å². The lowest BCUT2D eigenvalue weighted by molar-refractivity contribution is -0.154. The van der Waals surface area contributed by atoms with E-state index in [1.54, 1.807) is 6.07 Å². The van der Waals surface area contributed by atoms with Gasteiger partial charge in [-0.25, -0.2) is 0 Å². The lowest BCUT2D eigenvalue weighted by atomic mass is 9.91. The van der Waals surface area contributed by atoms with Gasteiger partial charge in [-0.05, 0) is 62.1 Å². The molecule has 3 aromatic carbocycles. The van der Waals surface area contributed by atoms with E-state index < -0.39 is 5.41 Å². The van der Waals surface area contributed by atoms with Gasteiger partial charge in [-0.2, -0.15) is 0 Å². The number of hydrogen-bond acceptors (Lipinski definition) is 5. The molecule has 0 saturated heterocycles. The van der Waals surface area contributed by atoms with E-state index in [9.17, 15) is 9.59 Å². The highest BCUT2D eigenvalue weighted by atomic mass is 16.5. The molecule has 182 valence electrons. The maximum absolute atomic E-state index is 12.1. The SMILES string of the molecule is CCC(C)(C)C(=O)OCCc1ccc(C=O)c(-n2nc3ccccc3n2)c1.CCc1ccccc1. The molecule has 0 N–H and O–H groups in total. The number of aromatic nitrogens is 3. The van der Waals surface area contributed by atoms with Crippen LogP contribution < -0.4 is 0 Å². The predicted molar refractivity (Wildman–Crippen MR) is 139 cm³/mol. The quantitative estimate of drug-likeness (QED) is 0.233. The summed E-state index contributed by atoms with van der Waals surface area (Å²) in [6, 6.07) is 23.4. The molecule has 0 aliphatic rings. The molecule has 0 spiro atoms. The van der Waals surface area contributed by atoms with Crippen LogP contribution in [0.25, 0.3) is 16.7 Å². The van der Waals surface area contributed by atoms with E-state index in [-0.39, 0.29) is 12.6 Å². The Morgan fingerprint density at radius 2 is 1.54 bits per heavy atom. The van der Waals surface area contributed by atoms with Crippen molar-refractivity contribution in [3.05, 3.63) is 89.5 Å². The summed E-state index contributed by atoms with van der Waals surface area (Å²) in [5.74, 6) is -0.199. The molecule has 0 aliphatic carbocycles. The number of carbonyl (C=O) groups excluding carboxylic acids is 2. The van der Waals surface area contributed by atoms with Crippen molar-refractivity contribution in [2.24, 2.45) is 5.41 Å². The van der Waals surface area contributed by atoms with Gasteiger partial charge < -0.3 is 4.74 Å². The van der Waals surface area contributed by atoms with Gasteiger partial charge in [0.05, 0.1) is 17.7 Å². The first-order valence-electron chi connectivity index (χ1n) is 12.0. The van der Waals surface area contributed by atoms with E-state index in [1.165, 1.54) is 10.4 Å². The summed E-state index contributed by atoms with van der Waals surface area (Å²) in [7, 11) is 0. The Balaban J connectivity index is 0.000000363. The molecule has 0 unspecified atom stereocenters. The van der Waals surface area contributed by atoms with Gasteiger partial charge in [0.25, 0.3) is 0 Å². The summed E-state index contributed by atoms with van der Waals surface area (Å²) >= 11 is 0. The molecule has 4 rings (SSSR count). The summed E-state index contributed by atoms with van der Waals surface area (Å²) in [5, 5.41) is 8.89. The Morgan fingerprint density at radius 1 is 0.914 bits per heavy atom. The third-order valence-corrected chi connectivity index (χ3v) is 6.04. The van der Waals surface area contributed by atoms with E-state index in [2.05, 4.69) is 41.4 Å². The number of aldehydes is 1. The predicted octanol–water partition coefficient (Wildman–Crippen LogP) is 6.00. The van der Waals surface area contributed by atoms with Crippen LogP contribution in [0.15, 0.2) is 72.8 Å². The largest absolute Gasteiger partial charge is 0.465 e. The molecule has 0 amide bonds. The van der Waals surface area contributed by atoms with Crippen molar-refractivity contribution < 1.29 is 14.3 Å². The third kappa shape index (κ3) is 6.85. The normalized spacial score (nSPS) is 11.0. The summed E-state index contributed by atoms with van der Waals surface area (Å²) in [5.41, 5.74) is 4.51. The van der Waals surface area contributed by atoms with Crippen molar-refractivity contribution in [1.82, 2.24) is 15.0 Å². The minimum Gasteiger partial charge on any atom is -0.465 e. The Morgan fingerprint density at radius 3 is 2.09 bits per heavy atom. The molecular formula is C29H33N3O3. The van der Waals surface area contributed by atoms with Crippen molar-refractivity contribution in [1.29, 1.82) is 0 Å². The van der Waals surface area contributed by atoms with Crippen molar-refractivity contribution in [2.45, 2.75) is 47.0 Å². The lowest BCUT2D eigenvalue weighted by Crippen LogP contribution is -2.26. The zero-order valence-electron chi connectivity index (χ0n) is 20.9. The summed E-state index contributed by atoms with van der Waals surface area (Å²) in [6.07, 6.45) is 3.21. The molecule has 35 heavy (non-hydrogen) atoms. The maximum Gasteiger partial charge on any atom is 0.311 e. The molecule has 1 aromatic heterocycles. The summed E-state index contributed by atoms with van der Waals surface area (Å²) in [6.45, 7) is 8.17. The molecule has 0 radical (unpaired) electrons. The van der Waals surface area contributed by atoms with Crippen LogP contribution in [0, 0.1) is 5.41 Å². The summed E-state index contributed by atoms with van der Waals surface area (Å²) in [4.78, 5) is 25.0. The molecule has 1 heterocycles. The van der Waals surface area contributed by atoms with Gasteiger partial charge >= 0.3 is 5.97 Å². The Kier molecular flexibility index (Phi) is 8.90. The maximum atomic E-state index is 12.1. The number of hydrogen-bond donors (Lipinski definition) is 0. The fourth-order valence-corrected chi connectivity index (χ4v) is 3.30. The lowest BCUT2D eigenvalue weighted by Gasteiger charge is -2.20. The van der Waals surface area contributed by atoms with E-state index in [0.717, 1.165) is 35.7 Å². The van der Waals surface area contributed by atoms with Gasteiger partial charge in [0.2, 0.25) is 0 Å². The fraction of sp³-hybridized carbons (Fsp3) is 0.310. The van der Waals surface area contributed by atoms with E-state index >= 15 is 0 Å². The van der Waals surface area contributed by atoms with Gasteiger partial charge in [-0.15, -0.1) is 15.0 Å². The van der Waals surface area contributed by atoms with Crippen LogP contribution in [0.5, 0.6) is 0 Å². The van der Waals surface area contributed by atoms with Crippen LogP contribution in [-0.2, 0) is 22.4 Å². The monoisotopic (exact) mass is 471 g/mol. The second-order valence-electron chi connectivity index (χ2n) is 8.95. The Labute approximate surface area is 206 Å². The number of benzene rings is 3. The molecule has 0 atom stereocenters. The average molecular weight is 472 g/mol. The molecule has 6 nitrogen and oxygen atoms in total. The highest BCUT2D eigenvalue weighted by Gasteiger charge is 2.26. The van der Waals surface area contributed by atoms with Crippen molar-refractivity contribution >= 4 is 23.3 Å². The summed E-state index contributed by atoms with van der Waals surface area (Å²) < 4.78 is 5.41. The first-order chi connectivity index (χ1) is 16.9. The van der Waals surface area contributed by atoms with E-state index in [0.29, 0.717) is 17.7 Å². The van der Waals surface area contributed by atoms with Crippen molar-refractivity contribution in [2.75, 3.05) is 6.61 Å². The van der Waals surface area contributed by atoms with E-state index in [4.69, 9.17) is 4.74 Å². The van der Waals surface area contributed by atoms with Gasteiger partial charge in [-0.1, -0.05) is 62.4 Å². The molecule has 0 fully saturated rings. The Hall–Kier alpha value is -3.80. The zero-order valence-corrected chi connectivity index (χ0v) is 20.9. The van der Waals surface area contributed by atoms with Gasteiger partial charge in [0.15, 0.2) is 6.29 Å². The molecule has 6 heteroatoms. The molecule has 0 saturated carbocycles. The number of ether oxygens (including phenoxy) is 1. The minimum absolute atomic E-state index is 0.199. The standard InChI is InChI=1S/C21H23N3O3.C8H10/c1-4-21(2,3)20(26)27-12-11-15-9-10-16(14-25)19(13-15)24-22-17-7-5-6-8-18(17)23-24;1-2-8-6-4-3-5-7-8/h5-10,13-14H,4,11-12H2,1-3H3;3-7H,2H2,1H3. The van der Waals surface area contributed by atoms with Crippen LogP contribution >= 0.6 is 0 Å². The molecular weight excluding hydrogens is 438 g/mol. The first kappa shape index (κ1) is 25.8.